The number of hydrogen-bond acceptors (Lipinski definition) is 4. The van der Waals surface area contributed by atoms with Gasteiger partial charge in [0.25, 0.3) is 0 Å². The summed E-state index contributed by atoms with van der Waals surface area (Å²) in [6.45, 7) is 1.84. The molecule has 0 radical (unpaired) electrons. The van der Waals surface area contributed by atoms with Crippen LogP contribution >= 0.6 is 0 Å². The first kappa shape index (κ1) is 16.2. The van der Waals surface area contributed by atoms with Crippen molar-refractivity contribution in [2.75, 3.05) is 26.9 Å². The Bertz CT molecular complexity index is 558. The molecule has 2 aromatic carbocycles. The van der Waals surface area contributed by atoms with Crippen LogP contribution < -0.4 is 19.9 Å². The van der Waals surface area contributed by atoms with Crippen LogP contribution in [0.3, 0.4) is 0 Å². The normalized spacial score (nSPS) is 10.3. The lowest BCUT2D eigenvalue weighted by molar-refractivity contribution is 0.247. The van der Waals surface area contributed by atoms with Gasteiger partial charge in [-0.05, 0) is 36.7 Å². The molecular formula is C18H23NO3. The van der Waals surface area contributed by atoms with Crippen molar-refractivity contribution < 1.29 is 14.2 Å². The molecular weight excluding hydrogens is 278 g/mol. The van der Waals surface area contributed by atoms with Crippen LogP contribution in [0.25, 0.3) is 0 Å². The Hall–Kier alpha value is -2.20. The van der Waals surface area contributed by atoms with E-state index in [1.165, 1.54) is 0 Å². The van der Waals surface area contributed by atoms with Crippen molar-refractivity contribution in [3.63, 3.8) is 0 Å². The molecule has 0 aliphatic carbocycles. The van der Waals surface area contributed by atoms with E-state index in [1.807, 2.05) is 48.5 Å². The molecule has 0 unspecified atom stereocenters. The minimum absolute atomic E-state index is 0.603. The van der Waals surface area contributed by atoms with Crippen LogP contribution in [-0.2, 0) is 6.42 Å². The van der Waals surface area contributed by atoms with E-state index >= 15 is 0 Å². The van der Waals surface area contributed by atoms with Crippen LogP contribution in [0, 0.1) is 0 Å². The summed E-state index contributed by atoms with van der Waals surface area (Å²) in [5.41, 5.74) is 6.68. The van der Waals surface area contributed by atoms with Crippen LogP contribution in [0.2, 0.25) is 0 Å². The van der Waals surface area contributed by atoms with Crippen molar-refractivity contribution in [2.45, 2.75) is 12.8 Å². The maximum atomic E-state index is 5.73. The van der Waals surface area contributed by atoms with Gasteiger partial charge in [0.2, 0.25) is 0 Å². The Morgan fingerprint density at radius 2 is 1.64 bits per heavy atom. The molecule has 0 heterocycles. The second kappa shape index (κ2) is 8.95. The highest BCUT2D eigenvalue weighted by Gasteiger charge is 2.04. The number of rotatable bonds is 9. The van der Waals surface area contributed by atoms with Crippen LogP contribution in [0.1, 0.15) is 12.0 Å². The largest absolute Gasteiger partial charge is 0.496 e. The summed E-state index contributed by atoms with van der Waals surface area (Å²) in [5.74, 6) is 2.51. The first-order chi connectivity index (χ1) is 10.8. The van der Waals surface area contributed by atoms with E-state index in [4.69, 9.17) is 19.9 Å². The van der Waals surface area contributed by atoms with E-state index in [0.717, 1.165) is 35.7 Å². The maximum Gasteiger partial charge on any atom is 0.125 e. The van der Waals surface area contributed by atoms with Gasteiger partial charge >= 0.3 is 0 Å². The van der Waals surface area contributed by atoms with Gasteiger partial charge in [-0.25, -0.2) is 0 Å². The van der Waals surface area contributed by atoms with Crippen LogP contribution in [0.4, 0.5) is 0 Å². The number of benzene rings is 2. The summed E-state index contributed by atoms with van der Waals surface area (Å²) in [6, 6.07) is 15.6. The topological polar surface area (TPSA) is 53.7 Å². The fraction of sp³-hybridized carbons (Fsp3) is 0.333. The fourth-order valence-electron chi connectivity index (χ4n) is 2.13. The number of nitrogens with two attached hydrogens (primary N) is 1. The lowest BCUT2D eigenvalue weighted by atomic mass is 10.1. The Balaban J connectivity index is 1.74. The third-order valence-corrected chi connectivity index (χ3v) is 3.24. The van der Waals surface area contributed by atoms with Crippen molar-refractivity contribution in [3.8, 4) is 17.2 Å². The molecule has 4 nitrogen and oxygen atoms in total. The lowest BCUT2D eigenvalue weighted by Crippen LogP contribution is -2.06. The Morgan fingerprint density at radius 3 is 2.32 bits per heavy atom. The highest BCUT2D eigenvalue weighted by Crippen LogP contribution is 2.25. The zero-order valence-corrected chi connectivity index (χ0v) is 13.0. The van der Waals surface area contributed by atoms with Gasteiger partial charge in [0.15, 0.2) is 0 Å². The minimum atomic E-state index is 0.603. The van der Waals surface area contributed by atoms with Crippen LogP contribution in [0.5, 0.6) is 17.2 Å². The molecule has 0 aliphatic heterocycles. The molecule has 22 heavy (non-hydrogen) atoms. The monoisotopic (exact) mass is 301 g/mol. The molecule has 2 rings (SSSR count). The second-order valence-corrected chi connectivity index (χ2v) is 4.88. The fourth-order valence-corrected chi connectivity index (χ4v) is 2.13. The quantitative estimate of drug-likeness (QED) is 0.723. The average Bonchev–Trinajstić information content (AvgIpc) is 2.57. The van der Waals surface area contributed by atoms with Gasteiger partial charge in [0.05, 0.1) is 20.3 Å². The van der Waals surface area contributed by atoms with E-state index < -0.39 is 0 Å². The summed E-state index contributed by atoms with van der Waals surface area (Å²) in [5, 5.41) is 0. The predicted octanol–water partition coefficient (Wildman–Crippen LogP) is 3.04. The standard InChI is InChI=1S/C18H23NO3/c1-20-18-14-17(9-8-15(18)10-11-19)22-13-5-12-21-16-6-3-2-4-7-16/h2-4,6-9,14H,5,10-13,19H2,1H3. The van der Waals surface area contributed by atoms with Crippen LogP contribution in [-0.4, -0.2) is 26.9 Å². The molecule has 0 fully saturated rings. The summed E-state index contributed by atoms with van der Waals surface area (Å²) < 4.78 is 16.7. The molecule has 0 saturated heterocycles. The van der Waals surface area contributed by atoms with Crippen molar-refractivity contribution in [1.29, 1.82) is 0 Å². The molecule has 2 N–H and O–H groups in total. The molecule has 2 aromatic rings. The first-order valence-electron chi connectivity index (χ1n) is 7.51. The summed E-state index contributed by atoms with van der Waals surface area (Å²) in [7, 11) is 1.66. The molecule has 0 aliphatic rings. The number of hydrogen-bond donors (Lipinski definition) is 1. The Morgan fingerprint density at radius 1 is 0.909 bits per heavy atom. The second-order valence-electron chi connectivity index (χ2n) is 4.88. The van der Waals surface area contributed by atoms with Crippen molar-refractivity contribution in [3.05, 3.63) is 54.1 Å². The summed E-state index contributed by atoms with van der Waals surface area (Å²) in [4.78, 5) is 0. The Labute approximate surface area is 131 Å². The lowest BCUT2D eigenvalue weighted by Gasteiger charge is -2.11. The van der Waals surface area contributed by atoms with Crippen molar-refractivity contribution in [2.24, 2.45) is 5.73 Å². The van der Waals surface area contributed by atoms with Gasteiger partial charge in [0, 0.05) is 12.5 Å². The first-order valence-corrected chi connectivity index (χ1v) is 7.51. The van der Waals surface area contributed by atoms with Gasteiger partial charge in [0.1, 0.15) is 17.2 Å². The van der Waals surface area contributed by atoms with Crippen LogP contribution in [0.15, 0.2) is 48.5 Å². The van der Waals surface area contributed by atoms with Gasteiger partial charge in [-0.1, -0.05) is 24.3 Å². The summed E-state index contributed by atoms with van der Waals surface area (Å²) >= 11 is 0. The minimum Gasteiger partial charge on any atom is -0.496 e. The third kappa shape index (κ3) is 4.97. The Kier molecular flexibility index (Phi) is 6.58. The smallest absolute Gasteiger partial charge is 0.125 e. The molecule has 0 atom stereocenters. The summed E-state index contributed by atoms with van der Waals surface area (Å²) in [6.07, 6.45) is 1.62. The SMILES string of the molecule is COc1cc(OCCCOc2ccccc2)ccc1CCN. The molecule has 0 saturated carbocycles. The van der Waals surface area contributed by atoms with E-state index in [1.54, 1.807) is 7.11 Å². The molecule has 0 spiro atoms. The third-order valence-electron chi connectivity index (χ3n) is 3.24. The number of methoxy groups -OCH3 is 1. The number of ether oxygens (including phenoxy) is 3. The van der Waals surface area contributed by atoms with Gasteiger partial charge in [-0.2, -0.15) is 0 Å². The number of para-hydroxylation sites is 1. The molecule has 118 valence electrons. The van der Waals surface area contributed by atoms with E-state index in [9.17, 15) is 0 Å². The predicted molar refractivity (Wildman–Crippen MR) is 87.8 cm³/mol. The zero-order valence-electron chi connectivity index (χ0n) is 13.0. The molecule has 0 aromatic heterocycles. The van der Waals surface area contributed by atoms with Crippen molar-refractivity contribution in [1.82, 2.24) is 0 Å². The van der Waals surface area contributed by atoms with E-state index in [0.29, 0.717) is 19.8 Å². The highest BCUT2D eigenvalue weighted by atomic mass is 16.5. The highest BCUT2D eigenvalue weighted by molar-refractivity contribution is 5.40. The maximum absolute atomic E-state index is 5.73. The average molecular weight is 301 g/mol. The molecule has 0 bridgehead atoms. The van der Waals surface area contributed by atoms with E-state index in [2.05, 4.69) is 0 Å². The molecule has 4 heteroatoms. The van der Waals surface area contributed by atoms with E-state index in [-0.39, 0.29) is 0 Å². The van der Waals surface area contributed by atoms with Gasteiger partial charge in [-0.15, -0.1) is 0 Å². The van der Waals surface area contributed by atoms with Gasteiger partial charge < -0.3 is 19.9 Å². The van der Waals surface area contributed by atoms with Gasteiger partial charge in [-0.3, -0.25) is 0 Å². The zero-order chi connectivity index (χ0) is 15.6. The van der Waals surface area contributed by atoms with Crippen molar-refractivity contribution >= 4 is 0 Å². The molecule has 0 amide bonds.